The molecule has 4 atom stereocenters. The van der Waals surface area contributed by atoms with Crippen LogP contribution in [-0.4, -0.2) is 44.0 Å². The largest absolute Gasteiger partial charge is 0.478 e. The summed E-state index contributed by atoms with van der Waals surface area (Å²) in [6, 6.07) is 6.28. The maximum Gasteiger partial charge on any atom is 0.263 e. The lowest BCUT2D eigenvalue weighted by Gasteiger charge is -2.48. The third-order valence-electron chi connectivity index (χ3n) is 5.89. The molecule has 2 aliphatic rings. The van der Waals surface area contributed by atoms with Crippen molar-refractivity contribution in [3.05, 3.63) is 29.3 Å². The fourth-order valence-corrected chi connectivity index (χ4v) is 4.29. The normalized spacial score (nSPS) is 27.2. The Bertz CT molecular complexity index is 685. The van der Waals surface area contributed by atoms with E-state index in [2.05, 4.69) is 31.3 Å². The van der Waals surface area contributed by atoms with Crippen molar-refractivity contribution in [3.63, 3.8) is 0 Å². The van der Waals surface area contributed by atoms with Crippen LogP contribution in [0, 0.1) is 18.8 Å². The second kappa shape index (κ2) is 7.80. The van der Waals surface area contributed by atoms with Crippen LogP contribution in [0.25, 0.3) is 0 Å². The molecule has 1 saturated heterocycles. The third-order valence-corrected chi connectivity index (χ3v) is 5.89. The van der Waals surface area contributed by atoms with Gasteiger partial charge in [-0.2, -0.15) is 0 Å². The van der Waals surface area contributed by atoms with Gasteiger partial charge in [0.25, 0.3) is 5.91 Å². The summed E-state index contributed by atoms with van der Waals surface area (Å²) < 4.78 is 17.4. The van der Waals surface area contributed by atoms with Crippen LogP contribution in [0.5, 0.6) is 5.75 Å². The van der Waals surface area contributed by atoms with Gasteiger partial charge in [0.05, 0.1) is 12.7 Å². The Kier molecular flexibility index (Phi) is 5.82. The van der Waals surface area contributed by atoms with Crippen LogP contribution in [0.3, 0.4) is 0 Å². The zero-order valence-corrected chi connectivity index (χ0v) is 17.4. The van der Waals surface area contributed by atoms with Crippen molar-refractivity contribution >= 4 is 5.91 Å². The molecule has 1 N–H and O–H groups in total. The van der Waals surface area contributed by atoms with Crippen LogP contribution in [0.15, 0.2) is 18.2 Å². The number of hydrogen-bond donors (Lipinski definition) is 1. The molecule has 3 rings (SSSR count). The topological polar surface area (TPSA) is 56.8 Å². The first-order valence-corrected chi connectivity index (χ1v) is 9.95. The van der Waals surface area contributed by atoms with E-state index >= 15 is 0 Å². The molecule has 1 aliphatic carbocycles. The summed E-state index contributed by atoms with van der Waals surface area (Å²) in [5.74, 6) is 1.63. The van der Waals surface area contributed by atoms with Crippen molar-refractivity contribution in [1.82, 2.24) is 5.32 Å². The second-order valence-electron chi connectivity index (χ2n) is 8.71. The van der Waals surface area contributed by atoms with Gasteiger partial charge in [-0.05, 0) is 50.3 Å². The molecule has 1 aromatic rings. The molecule has 27 heavy (non-hydrogen) atoms. The van der Waals surface area contributed by atoms with Gasteiger partial charge in [0.15, 0.2) is 5.60 Å². The maximum absolute atomic E-state index is 13.1. The zero-order chi connectivity index (χ0) is 19.8. The Morgan fingerprint density at radius 2 is 2.11 bits per heavy atom. The van der Waals surface area contributed by atoms with Gasteiger partial charge in [0, 0.05) is 31.6 Å². The molecule has 1 saturated carbocycles. The summed E-state index contributed by atoms with van der Waals surface area (Å²) in [5, 5.41) is 3.22. The average molecular weight is 376 g/mol. The second-order valence-corrected chi connectivity index (χ2v) is 8.71. The van der Waals surface area contributed by atoms with Gasteiger partial charge in [-0.15, -0.1) is 0 Å². The smallest absolute Gasteiger partial charge is 0.263 e. The Morgan fingerprint density at radius 1 is 1.37 bits per heavy atom. The molecule has 0 bridgehead atoms. The van der Waals surface area contributed by atoms with E-state index in [9.17, 15) is 4.79 Å². The predicted molar refractivity (Wildman–Crippen MR) is 105 cm³/mol. The summed E-state index contributed by atoms with van der Waals surface area (Å²) in [5.41, 5.74) is 1.28. The Balaban J connectivity index is 1.71. The molecule has 1 amide bonds. The van der Waals surface area contributed by atoms with Crippen LogP contribution in [0.4, 0.5) is 0 Å². The highest BCUT2D eigenvalue weighted by molar-refractivity contribution is 5.85. The van der Waals surface area contributed by atoms with Gasteiger partial charge in [-0.25, -0.2) is 0 Å². The summed E-state index contributed by atoms with van der Waals surface area (Å²) in [6.07, 6.45) is 1.20. The Morgan fingerprint density at radius 3 is 2.78 bits per heavy atom. The summed E-state index contributed by atoms with van der Waals surface area (Å²) in [7, 11) is 1.69. The zero-order valence-electron chi connectivity index (χ0n) is 17.4. The van der Waals surface area contributed by atoms with Crippen molar-refractivity contribution in [3.8, 4) is 5.75 Å². The molecule has 0 unspecified atom stereocenters. The van der Waals surface area contributed by atoms with Crippen molar-refractivity contribution in [1.29, 1.82) is 0 Å². The quantitative estimate of drug-likeness (QED) is 0.793. The highest BCUT2D eigenvalue weighted by Crippen LogP contribution is 2.44. The van der Waals surface area contributed by atoms with Gasteiger partial charge in [-0.3, -0.25) is 4.79 Å². The molecular weight excluding hydrogens is 342 g/mol. The minimum Gasteiger partial charge on any atom is -0.478 e. The molecule has 0 spiro atoms. The molecule has 0 radical (unpaired) electrons. The van der Waals surface area contributed by atoms with Crippen LogP contribution >= 0.6 is 0 Å². The molecule has 0 aromatic heterocycles. The number of aryl methyl sites for hydroxylation is 1. The predicted octanol–water partition coefficient (Wildman–Crippen LogP) is 3.44. The number of amides is 1. The number of carbonyl (C=O) groups excluding carboxylic acids is 1. The lowest BCUT2D eigenvalue weighted by Crippen LogP contribution is -2.65. The van der Waals surface area contributed by atoms with E-state index in [0.29, 0.717) is 18.4 Å². The first-order chi connectivity index (χ1) is 12.7. The Hall–Kier alpha value is -1.59. The first kappa shape index (κ1) is 20.2. The molecule has 5 nitrogen and oxygen atoms in total. The van der Waals surface area contributed by atoms with Crippen LogP contribution in [-0.2, 0) is 14.3 Å². The lowest BCUT2D eigenvalue weighted by molar-refractivity contribution is -0.142. The average Bonchev–Trinajstić information content (AvgIpc) is 3.01. The van der Waals surface area contributed by atoms with E-state index in [1.807, 2.05) is 26.8 Å². The van der Waals surface area contributed by atoms with Crippen LogP contribution in [0.2, 0.25) is 0 Å². The van der Waals surface area contributed by atoms with E-state index in [4.69, 9.17) is 14.2 Å². The van der Waals surface area contributed by atoms with Gasteiger partial charge in [-0.1, -0.05) is 26.0 Å². The fraction of sp³-hybridized carbons (Fsp3) is 0.682. The summed E-state index contributed by atoms with van der Waals surface area (Å²) >= 11 is 0. The SMILES string of the molecule is COC[C@H]1[C@@H](NC(=O)C(C)(C)Oc2cc(C)ccc2C(C)C)[C@H]2CCO[C@H]21. The number of methoxy groups -OCH3 is 1. The van der Waals surface area contributed by atoms with E-state index in [1.54, 1.807) is 7.11 Å². The first-order valence-electron chi connectivity index (χ1n) is 9.95. The highest BCUT2D eigenvalue weighted by Gasteiger charge is 2.55. The minimum atomic E-state index is -0.959. The number of nitrogens with one attached hydrogen (secondary N) is 1. The number of carbonyl (C=O) groups is 1. The molecule has 150 valence electrons. The minimum absolute atomic E-state index is 0.0878. The molecule has 1 aromatic carbocycles. The van der Waals surface area contributed by atoms with Gasteiger partial charge in [0.1, 0.15) is 5.75 Å². The number of ether oxygens (including phenoxy) is 3. The molecule has 1 heterocycles. The molecular formula is C22H33NO4. The van der Waals surface area contributed by atoms with Crippen molar-refractivity contribution in [2.75, 3.05) is 20.3 Å². The highest BCUT2D eigenvalue weighted by atomic mass is 16.5. The van der Waals surface area contributed by atoms with Crippen molar-refractivity contribution in [2.45, 2.75) is 64.7 Å². The van der Waals surface area contributed by atoms with Crippen molar-refractivity contribution < 1.29 is 19.0 Å². The van der Waals surface area contributed by atoms with Crippen molar-refractivity contribution in [2.24, 2.45) is 11.8 Å². The monoisotopic (exact) mass is 375 g/mol. The van der Waals surface area contributed by atoms with E-state index in [1.165, 1.54) is 0 Å². The fourth-order valence-electron chi connectivity index (χ4n) is 4.29. The molecule has 2 fully saturated rings. The third kappa shape index (κ3) is 3.99. The number of benzene rings is 1. The molecule has 5 heteroatoms. The lowest BCUT2D eigenvalue weighted by atomic mass is 9.67. The van der Waals surface area contributed by atoms with Gasteiger partial charge >= 0.3 is 0 Å². The molecule has 1 aliphatic heterocycles. The summed E-state index contributed by atoms with van der Waals surface area (Å²) in [6.45, 7) is 11.3. The van der Waals surface area contributed by atoms with Crippen LogP contribution < -0.4 is 10.1 Å². The number of hydrogen-bond acceptors (Lipinski definition) is 4. The summed E-state index contributed by atoms with van der Waals surface area (Å²) in [4.78, 5) is 13.1. The standard InChI is InChI=1S/C22H33NO4/c1-13(2)15-8-7-14(3)11-18(15)27-22(4,5)21(24)23-19-16-9-10-26-20(16)17(19)12-25-6/h7-8,11,13,16-17,19-20H,9-10,12H2,1-6H3,(H,23,24)/t16-,17+,19+,20-/m1/s1. The Labute approximate surface area is 162 Å². The van der Waals surface area contributed by atoms with E-state index < -0.39 is 5.60 Å². The van der Waals surface area contributed by atoms with E-state index in [0.717, 1.165) is 29.9 Å². The number of fused-ring (bicyclic) bond motifs is 1. The van der Waals surface area contributed by atoms with E-state index in [-0.39, 0.29) is 24.0 Å². The van der Waals surface area contributed by atoms with Gasteiger partial charge < -0.3 is 19.5 Å². The number of rotatable bonds is 7. The van der Waals surface area contributed by atoms with Crippen LogP contribution in [0.1, 0.15) is 51.2 Å². The van der Waals surface area contributed by atoms with Gasteiger partial charge in [0.2, 0.25) is 0 Å². The maximum atomic E-state index is 13.1.